The molecule has 1 atom stereocenters. The maximum atomic E-state index is 4.92. The molecule has 0 amide bonds. The summed E-state index contributed by atoms with van der Waals surface area (Å²) >= 11 is 0. The largest absolute Gasteiger partial charge is 0.467 e. The summed E-state index contributed by atoms with van der Waals surface area (Å²) in [5.41, 5.74) is 0. The number of nitrogens with zero attached hydrogens (tertiary/aromatic N) is 3. The Balaban J connectivity index is 2.97. The molecule has 0 aliphatic carbocycles. The van der Waals surface area contributed by atoms with Crippen molar-refractivity contribution >= 4 is 0 Å². The van der Waals surface area contributed by atoms with Gasteiger partial charge in [0.25, 0.3) is 0 Å². The van der Waals surface area contributed by atoms with Crippen LogP contribution >= 0.6 is 0 Å². The molecule has 1 heterocycles. The number of rotatable bonds is 3. The molecule has 5 heteroatoms. The summed E-state index contributed by atoms with van der Waals surface area (Å²) < 4.78 is 9.84. The highest BCUT2D eigenvalue weighted by Crippen LogP contribution is 2.08. The van der Waals surface area contributed by atoms with Crippen molar-refractivity contribution in [3.05, 3.63) is 5.82 Å². The molecule has 5 nitrogen and oxygen atoms in total. The second kappa shape index (κ2) is 5.91. The molecular formula is C11H15N3O2. The molecule has 0 N–H and O–H groups in total. The average molecular weight is 221 g/mol. The predicted molar refractivity (Wildman–Crippen MR) is 59.3 cm³/mol. The predicted octanol–water partition coefficient (Wildman–Crippen LogP) is 1.29. The summed E-state index contributed by atoms with van der Waals surface area (Å²) in [4.78, 5) is 11.9. The molecule has 0 aliphatic rings. The van der Waals surface area contributed by atoms with Crippen LogP contribution in [-0.2, 0) is 0 Å². The van der Waals surface area contributed by atoms with Gasteiger partial charge < -0.3 is 9.47 Å². The maximum absolute atomic E-state index is 4.92. The summed E-state index contributed by atoms with van der Waals surface area (Å²) in [6.07, 6.45) is 0.992. The van der Waals surface area contributed by atoms with Crippen LogP contribution in [0.4, 0.5) is 0 Å². The summed E-state index contributed by atoms with van der Waals surface area (Å²) in [6, 6.07) is 0.417. The minimum Gasteiger partial charge on any atom is -0.467 e. The molecule has 0 aliphatic heterocycles. The minimum atomic E-state index is 0.209. The Morgan fingerprint density at radius 1 is 1.12 bits per heavy atom. The summed E-state index contributed by atoms with van der Waals surface area (Å²) in [7, 11) is 2.97. The normalized spacial score (nSPS) is 11.2. The zero-order chi connectivity index (χ0) is 12.0. The molecule has 0 spiro atoms. The monoisotopic (exact) mass is 221 g/mol. The van der Waals surface area contributed by atoms with Gasteiger partial charge in [-0.3, -0.25) is 0 Å². The van der Waals surface area contributed by atoms with Crippen molar-refractivity contribution in [2.45, 2.75) is 20.3 Å². The van der Waals surface area contributed by atoms with Crippen LogP contribution in [0.3, 0.4) is 0 Å². The van der Waals surface area contributed by atoms with Crippen molar-refractivity contribution in [3.63, 3.8) is 0 Å². The van der Waals surface area contributed by atoms with Crippen molar-refractivity contribution in [1.29, 1.82) is 0 Å². The molecule has 0 aromatic carbocycles. The lowest BCUT2D eigenvalue weighted by atomic mass is 10.1. The van der Waals surface area contributed by atoms with E-state index >= 15 is 0 Å². The fraction of sp³-hybridized carbons (Fsp3) is 0.545. The first-order valence-corrected chi connectivity index (χ1v) is 5.05. The van der Waals surface area contributed by atoms with E-state index in [1.807, 2.05) is 6.92 Å². The van der Waals surface area contributed by atoms with E-state index in [9.17, 15) is 0 Å². The third-order valence-corrected chi connectivity index (χ3v) is 2.00. The third kappa shape index (κ3) is 3.39. The van der Waals surface area contributed by atoms with Crippen LogP contribution in [0, 0.1) is 17.8 Å². The van der Waals surface area contributed by atoms with Crippen molar-refractivity contribution in [1.82, 2.24) is 15.0 Å². The number of aromatic nitrogens is 3. The first kappa shape index (κ1) is 12.2. The van der Waals surface area contributed by atoms with E-state index in [-0.39, 0.29) is 12.0 Å². The zero-order valence-electron chi connectivity index (χ0n) is 9.94. The van der Waals surface area contributed by atoms with Gasteiger partial charge in [-0.2, -0.15) is 9.97 Å². The molecule has 0 radical (unpaired) electrons. The molecule has 0 saturated heterocycles. The van der Waals surface area contributed by atoms with Gasteiger partial charge in [0.15, 0.2) is 0 Å². The van der Waals surface area contributed by atoms with E-state index in [0.29, 0.717) is 11.7 Å². The molecule has 1 rings (SSSR count). The van der Waals surface area contributed by atoms with Crippen molar-refractivity contribution in [3.8, 4) is 23.9 Å². The van der Waals surface area contributed by atoms with Gasteiger partial charge in [-0.05, 0) is 12.3 Å². The quantitative estimate of drug-likeness (QED) is 0.720. The topological polar surface area (TPSA) is 57.1 Å². The van der Waals surface area contributed by atoms with Crippen LogP contribution in [-0.4, -0.2) is 29.2 Å². The maximum Gasteiger partial charge on any atom is 0.323 e. The van der Waals surface area contributed by atoms with Gasteiger partial charge in [-0.15, -0.1) is 4.98 Å². The van der Waals surface area contributed by atoms with Crippen molar-refractivity contribution in [2.75, 3.05) is 14.2 Å². The molecule has 0 saturated carbocycles. The smallest absolute Gasteiger partial charge is 0.323 e. The Kier molecular flexibility index (Phi) is 4.52. The Morgan fingerprint density at radius 2 is 1.69 bits per heavy atom. The molecule has 86 valence electrons. The summed E-state index contributed by atoms with van der Waals surface area (Å²) in [5, 5.41) is 0. The van der Waals surface area contributed by atoms with Gasteiger partial charge >= 0.3 is 12.0 Å². The molecule has 1 unspecified atom stereocenters. The number of ether oxygens (including phenoxy) is 2. The third-order valence-electron chi connectivity index (χ3n) is 2.00. The van der Waals surface area contributed by atoms with Crippen LogP contribution in [0.15, 0.2) is 0 Å². The Labute approximate surface area is 95.2 Å². The first-order chi connectivity index (χ1) is 7.69. The van der Waals surface area contributed by atoms with Crippen LogP contribution in [0.5, 0.6) is 12.0 Å². The fourth-order valence-electron chi connectivity index (χ4n) is 0.866. The number of hydrogen-bond donors (Lipinski definition) is 0. The minimum absolute atomic E-state index is 0.209. The number of hydrogen-bond acceptors (Lipinski definition) is 5. The summed E-state index contributed by atoms with van der Waals surface area (Å²) in [6.45, 7) is 4.12. The second-order valence-electron chi connectivity index (χ2n) is 3.21. The first-order valence-electron chi connectivity index (χ1n) is 5.05. The zero-order valence-corrected chi connectivity index (χ0v) is 9.94. The molecule has 1 aromatic heterocycles. The Bertz CT molecular complexity index is 387. The lowest BCUT2D eigenvalue weighted by Gasteiger charge is -2.01. The van der Waals surface area contributed by atoms with E-state index in [1.165, 1.54) is 14.2 Å². The van der Waals surface area contributed by atoms with Gasteiger partial charge in [0.05, 0.1) is 14.2 Å². The van der Waals surface area contributed by atoms with Crippen molar-refractivity contribution < 1.29 is 9.47 Å². The van der Waals surface area contributed by atoms with Gasteiger partial charge in [-0.25, -0.2) is 0 Å². The molecule has 0 fully saturated rings. The highest BCUT2D eigenvalue weighted by molar-refractivity contribution is 5.24. The summed E-state index contributed by atoms with van der Waals surface area (Å²) in [5.74, 6) is 6.59. The molecule has 0 bridgehead atoms. The Morgan fingerprint density at radius 3 is 2.12 bits per heavy atom. The standard InChI is InChI=1S/C11H15N3O2/c1-5-8(2)6-7-9-12-10(15-3)14-11(13-9)16-4/h8H,5H2,1-4H3. The van der Waals surface area contributed by atoms with Crippen molar-refractivity contribution in [2.24, 2.45) is 5.92 Å². The van der Waals surface area contributed by atoms with E-state index < -0.39 is 0 Å². The molecule has 16 heavy (non-hydrogen) atoms. The van der Waals surface area contributed by atoms with E-state index in [0.717, 1.165) is 6.42 Å². The average Bonchev–Trinajstić information content (AvgIpc) is 2.35. The lowest BCUT2D eigenvalue weighted by Crippen LogP contribution is -2.01. The van der Waals surface area contributed by atoms with Crippen LogP contribution in [0.1, 0.15) is 26.1 Å². The van der Waals surface area contributed by atoms with Gasteiger partial charge in [0.2, 0.25) is 5.82 Å². The van der Waals surface area contributed by atoms with Gasteiger partial charge in [0.1, 0.15) is 0 Å². The van der Waals surface area contributed by atoms with E-state index in [2.05, 4.69) is 33.7 Å². The van der Waals surface area contributed by atoms with Crippen LogP contribution in [0.25, 0.3) is 0 Å². The Hall–Kier alpha value is -1.83. The van der Waals surface area contributed by atoms with E-state index in [1.54, 1.807) is 0 Å². The second-order valence-corrected chi connectivity index (χ2v) is 3.21. The van der Waals surface area contributed by atoms with Gasteiger partial charge in [-0.1, -0.05) is 19.8 Å². The lowest BCUT2D eigenvalue weighted by molar-refractivity contribution is 0.339. The molecule has 1 aromatic rings. The highest BCUT2D eigenvalue weighted by Gasteiger charge is 2.04. The molecular weight excluding hydrogens is 206 g/mol. The van der Waals surface area contributed by atoms with Crippen LogP contribution in [0.2, 0.25) is 0 Å². The van der Waals surface area contributed by atoms with E-state index in [4.69, 9.17) is 9.47 Å². The SMILES string of the molecule is CCC(C)C#Cc1nc(OC)nc(OC)n1. The number of methoxy groups -OCH3 is 2. The highest BCUT2D eigenvalue weighted by atomic mass is 16.5. The van der Waals surface area contributed by atoms with Gasteiger partial charge in [0, 0.05) is 5.92 Å². The fourth-order valence-corrected chi connectivity index (χ4v) is 0.866. The van der Waals surface area contributed by atoms with Crippen LogP contribution < -0.4 is 9.47 Å².